The van der Waals surface area contributed by atoms with Gasteiger partial charge in [0.25, 0.3) is 11.5 Å². The molecule has 0 spiro atoms. The molecule has 138 valence electrons. The Labute approximate surface area is 156 Å². The largest absolute Gasteiger partial charge is 0.349 e. The molecule has 0 aliphatic heterocycles. The van der Waals surface area contributed by atoms with Gasteiger partial charge in [0.1, 0.15) is 5.56 Å². The number of rotatable bonds is 4. The van der Waals surface area contributed by atoms with Gasteiger partial charge in [-0.05, 0) is 30.4 Å². The van der Waals surface area contributed by atoms with Crippen LogP contribution in [0.3, 0.4) is 0 Å². The molecule has 0 saturated heterocycles. The maximum absolute atomic E-state index is 12.7. The van der Waals surface area contributed by atoms with Crippen LogP contribution in [0.4, 0.5) is 0 Å². The third-order valence-corrected chi connectivity index (χ3v) is 5.39. The van der Waals surface area contributed by atoms with Gasteiger partial charge < -0.3 is 10.3 Å². The maximum Gasteiger partial charge on any atom is 0.328 e. The predicted octanol–water partition coefficient (Wildman–Crippen LogP) is 2.55. The molecule has 1 heterocycles. The molecule has 1 aliphatic rings. The van der Waals surface area contributed by atoms with Crippen molar-refractivity contribution in [3.8, 4) is 0 Å². The van der Waals surface area contributed by atoms with Crippen LogP contribution in [0, 0.1) is 5.92 Å². The highest BCUT2D eigenvalue weighted by molar-refractivity contribution is 6.31. The van der Waals surface area contributed by atoms with Gasteiger partial charge in [0.05, 0.1) is 6.54 Å². The van der Waals surface area contributed by atoms with E-state index in [1.54, 1.807) is 24.3 Å². The molecule has 0 radical (unpaired) electrons. The molecule has 2 unspecified atom stereocenters. The summed E-state index contributed by atoms with van der Waals surface area (Å²) in [5, 5.41) is 3.41. The summed E-state index contributed by atoms with van der Waals surface area (Å²) in [5.41, 5.74) is -0.609. The monoisotopic (exact) mass is 375 g/mol. The number of H-pyrrole nitrogens is 1. The minimum absolute atomic E-state index is 0.00872. The Bertz CT molecular complexity index is 919. The van der Waals surface area contributed by atoms with Crippen molar-refractivity contribution in [2.24, 2.45) is 5.92 Å². The highest BCUT2D eigenvalue weighted by Gasteiger charge is 2.25. The molecular weight excluding hydrogens is 354 g/mol. The number of nitrogens with one attached hydrogen (secondary N) is 2. The van der Waals surface area contributed by atoms with Crippen LogP contribution < -0.4 is 16.6 Å². The molecule has 1 aromatic heterocycles. The second-order valence-corrected chi connectivity index (χ2v) is 7.24. The Balaban J connectivity index is 1.87. The number of amides is 1. The van der Waals surface area contributed by atoms with Crippen molar-refractivity contribution < 1.29 is 4.79 Å². The molecule has 1 fully saturated rings. The van der Waals surface area contributed by atoms with Gasteiger partial charge in [0, 0.05) is 17.3 Å². The normalized spacial score (nSPS) is 19.9. The molecule has 0 bridgehead atoms. The lowest BCUT2D eigenvalue weighted by atomic mass is 9.86. The van der Waals surface area contributed by atoms with Crippen molar-refractivity contribution in [1.82, 2.24) is 14.9 Å². The van der Waals surface area contributed by atoms with Gasteiger partial charge in [-0.2, -0.15) is 0 Å². The second kappa shape index (κ2) is 7.91. The van der Waals surface area contributed by atoms with Gasteiger partial charge >= 0.3 is 5.69 Å². The molecule has 6 nitrogen and oxygen atoms in total. The Kier molecular flexibility index (Phi) is 5.61. The Hall–Kier alpha value is -2.34. The fourth-order valence-electron chi connectivity index (χ4n) is 3.39. The molecule has 2 atom stereocenters. The van der Waals surface area contributed by atoms with E-state index < -0.39 is 17.2 Å². The van der Waals surface area contributed by atoms with Crippen LogP contribution >= 0.6 is 11.6 Å². The van der Waals surface area contributed by atoms with Crippen LogP contribution in [-0.2, 0) is 6.54 Å². The van der Waals surface area contributed by atoms with Crippen LogP contribution in [0.2, 0.25) is 5.02 Å². The minimum Gasteiger partial charge on any atom is -0.349 e. The fourth-order valence-corrected chi connectivity index (χ4v) is 3.59. The van der Waals surface area contributed by atoms with Crippen molar-refractivity contribution in [3.63, 3.8) is 0 Å². The number of aromatic amines is 1. The summed E-state index contributed by atoms with van der Waals surface area (Å²) in [4.78, 5) is 39.9. The van der Waals surface area contributed by atoms with Crippen LogP contribution in [0.15, 0.2) is 40.1 Å². The summed E-state index contributed by atoms with van der Waals surface area (Å²) < 4.78 is 1.00. The van der Waals surface area contributed by atoms with Crippen LogP contribution in [0.1, 0.15) is 48.5 Å². The first-order chi connectivity index (χ1) is 12.5. The summed E-state index contributed by atoms with van der Waals surface area (Å²) in [6.45, 7) is 2.11. The van der Waals surface area contributed by atoms with E-state index in [0.717, 1.165) is 30.3 Å². The molecule has 2 aromatic rings. The lowest BCUT2D eigenvalue weighted by Crippen LogP contribution is -2.45. The van der Waals surface area contributed by atoms with Gasteiger partial charge in [-0.15, -0.1) is 0 Å². The smallest absolute Gasteiger partial charge is 0.328 e. The summed E-state index contributed by atoms with van der Waals surface area (Å²) in [6.07, 6.45) is 5.39. The van der Waals surface area contributed by atoms with E-state index >= 15 is 0 Å². The van der Waals surface area contributed by atoms with Gasteiger partial charge in [0.2, 0.25) is 0 Å². The molecule has 1 aliphatic carbocycles. The molecule has 2 N–H and O–H groups in total. The van der Waals surface area contributed by atoms with Crippen LogP contribution in [0.5, 0.6) is 0 Å². The third-order valence-electron chi connectivity index (χ3n) is 5.02. The van der Waals surface area contributed by atoms with E-state index in [2.05, 4.69) is 17.2 Å². The second-order valence-electron chi connectivity index (χ2n) is 6.83. The lowest BCUT2D eigenvalue weighted by molar-refractivity contribution is 0.0907. The third kappa shape index (κ3) is 3.90. The van der Waals surface area contributed by atoms with E-state index in [0.29, 0.717) is 16.5 Å². The SMILES string of the molecule is CC1CCCCC1NC(=O)c1c[nH]c(=O)n(Cc2ccccc2Cl)c1=O. The highest BCUT2D eigenvalue weighted by atomic mass is 35.5. The summed E-state index contributed by atoms with van der Waals surface area (Å²) in [6, 6.07) is 7.04. The quantitative estimate of drug-likeness (QED) is 0.861. The number of nitrogens with zero attached hydrogens (tertiary/aromatic N) is 1. The highest BCUT2D eigenvalue weighted by Crippen LogP contribution is 2.23. The first-order valence-electron chi connectivity index (χ1n) is 8.84. The van der Waals surface area contributed by atoms with Crippen molar-refractivity contribution in [2.45, 2.75) is 45.2 Å². The van der Waals surface area contributed by atoms with Crippen LogP contribution in [-0.4, -0.2) is 21.5 Å². The van der Waals surface area contributed by atoms with E-state index in [-0.39, 0.29) is 18.2 Å². The van der Waals surface area contributed by atoms with Crippen molar-refractivity contribution >= 4 is 17.5 Å². The van der Waals surface area contributed by atoms with Gasteiger partial charge in [0.15, 0.2) is 0 Å². The number of hydrogen-bond acceptors (Lipinski definition) is 3. The predicted molar refractivity (Wildman–Crippen MR) is 101 cm³/mol. The average Bonchev–Trinajstić information content (AvgIpc) is 2.62. The van der Waals surface area contributed by atoms with Gasteiger partial charge in [-0.3, -0.25) is 14.2 Å². The Morgan fingerprint density at radius 2 is 2.00 bits per heavy atom. The zero-order valence-corrected chi connectivity index (χ0v) is 15.4. The van der Waals surface area contributed by atoms with E-state index in [4.69, 9.17) is 11.6 Å². The summed E-state index contributed by atoms with van der Waals surface area (Å²) in [5.74, 6) is -0.0706. The lowest BCUT2D eigenvalue weighted by Gasteiger charge is -2.29. The average molecular weight is 376 g/mol. The fraction of sp³-hybridized carbons (Fsp3) is 0.421. The van der Waals surface area contributed by atoms with E-state index in [9.17, 15) is 14.4 Å². The zero-order valence-electron chi connectivity index (χ0n) is 14.6. The Morgan fingerprint density at radius 3 is 2.73 bits per heavy atom. The molecule has 7 heteroatoms. The number of halogens is 1. The van der Waals surface area contributed by atoms with Crippen LogP contribution in [0.25, 0.3) is 0 Å². The number of carbonyl (C=O) groups excluding carboxylic acids is 1. The summed E-state index contributed by atoms with van der Waals surface area (Å²) in [7, 11) is 0. The molecular formula is C19H22ClN3O3. The number of aromatic nitrogens is 2. The van der Waals surface area contributed by atoms with E-state index in [1.807, 2.05) is 0 Å². The van der Waals surface area contributed by atoms with Crippen molar-refractivity contribution in [2.75, 3.05) is 0 Å². The Morgan fingerprint density at radius 1 is 1.27 bits per heavy atom. The number of carbonyl (C=O) groups is 1. The van der Waals surface area contributed by atoms with Gasteiger partial charge in [-0.1, -0.05) is 49.6 Å². The van der Waals surface area contributed by atoms with E-state index in [1.165, 1.54) is 6.20 Å². The topological polar surface area (TPSA) is 84.0 Å². The summed E-state index contributed by atoms with van der Waals surface area (Å²) >= 11 is 6.12. The molecule has 3 rings (SSSR count). The first-order valence-corrected chi connectivity index (χ1v) is 9.22. The zero-order chi connectivity index (χ0) is 18.7. The number of benzene rings is 1. The maximum atomic E-state index is 12.7. The van der Waals surface area contributed by atoms with Gasteiger partial charge in [-0.25, -0.2) is 4.79 Å². The van der Waals surface area contributed by atoms with Crippen molar-refractivity contribution in [3.05, 3.63) is 67.4 Å². The number of hydrogen-bond donors (Lipinski definition) is 2. The standard InChI is InChI=1S/C19H22ClN3O3/c1-12-6-2-5-9-16(12)22-17(24)14-10-21-19(26)23(18(14)25)11-13-7-3-4-8-15(13)20/h3-4,7-8,10,12,16H,2,5-6,9,11H2,1H3,(H,21,26)(H,22,24). The molecule has 1 aromatic carbocycles. The molecule has 26 heavy (non-hydrogen) atoms. The molecule has 1 amide bonds. The minimum atomic E-state index is -0.616. The molecule has 1 saturated carbocycles. The first kappa shape index (κ1) is 18.5. The van der Waals surface area contributed by atoms with Crippen molar-refractivity contribution in [1.29, 1.82) is 0 Å².